The number of likely N-dealkylation sites (N-methyl/N-ethyl adjacent to an activating group) is 1. The molecule has 0 fully saturated rings. The molecule has 0 bridgehead atoms. The van der Waals surface area contributed by atoms with Crippen molar-refractivity contribution in [3.8, 4) is 0 Å². The van der Waals surface area contributed by atoms with E-state index in [0.29, 0.717) is 17.4 Å². The van der Waals surface area contributed by atoms with Gasteiger partial charge in [-0.3, -0.25) is 18.6 Å². The van der Waals surface area contributed by atoms with Crippen LogP contribution in [0.1, 0.15) is 251 Å². The molecule has 10 heteroatoms. The summed E-state index contributed by atoms with van der Waals surface area (Å²) in [5.41, 5.74) is 0. The third-order valence-corrected chi connectivity index (χ3v) is 12.4. The van der Waals surface area contributed by atoms with Gasteiger partial charge < -0.3 is 18.9 Å². The number of ether oxygens (including phenoxy) is 2. The summed E-state index contributed by atoms with van der Waals surface area (Å²) in [6, 6.07) is 0. The quantitative estimate of drug-likeness (QED) is 0.0279. The molecule has 0 heterocycles. The Hall–Kier alpha value is -0.990. The number of phosphoric ester groups is 1. The fourth-order valence-corrected chi connectivity index (χ4v) is 8.17. The molecule has 0 saturated carbocycles. The van der Waals surface area contributed by atoms with Gasteiger partial charge in [0.2, 0.25) is 0 Å². The van der Waals surface area contributed by atoms with E-state index in [2.05, 4.69) is 13.8 Å². The van der Waals surface area contributed by atoms with Crippen LogP contribution in [0, 0.1) is 0 Å². The Labute approximate surface area is 365 Å². The van der Waals surface area contributed by atoms with Gasteiger partial charge in [-0.15, -0.1) is 0 Å². The molecule has 59 heavy (non-hydrogen) atoms. The highest BCUT2D eigenvalue weighted by molar-refractivity contribution is 7.47. The summed E-state index contributed by atoms with van der Waals surface area (Å²) in [4.78, 5) is 35.4. The van der Waals surface area contributed by atoms with E-state index in [0.717, 1.165) is 38.5 Å². The average Bonchev–Trinajstić information content (AvgIpc) is 3.19. The minimum Gasteiger partial charge on any atom is -0.462 e. The summed E-state index contributed by atoms with van der Waals surface area (Å²) in [5, 5.41) is 0. The van der Waals surface area contributed by atoms with E-state index in [1.807, 2.05) is 21.1 Å². The first-order valence-corrected chi connectivity index (χ1v) is 26.8. The number of phosphoric acid groups is 1. The second-order valence-electron chi connectivity index (χ2n) is 18.6. The molecule has 0 aromatic carbocycles. The Kier molecular flexibility index (Phi) is 41.6. The minimum atomic E-state index is -4.37. The molecule has 352 valence electrons. The van der Waals surface area contributed by atoms with Crippen molar-refractivity contribution in [2.75, 3.05) is 47.5 Å². The minimum absolute atomic E-state index is 0.0369. The smallest absolute Gasteiger partial charge is 0.462 e. The zero-order chi connectivity index (χ0) is 43.6. The number of hydrogen-bond donors (Lipinski definition) is 1. The molecule has 0 rings (SSSR count). The van der Waals surface area contributed by atoms with Crippen molar-refractivity contribution < 1.29 is 42.1 Å². The molecule has 0 aliphatic rings. The molecule has 0 aromatic rings. The van der Waals surface area contributed by atoms with Crippen LogP contribution in [0.15, 0.2) is 0 Å². The van der Waals surface area contributed by atoms with Gasteiger partial charge in [0.05, 0.1) is 27.7 Å². The zero-order valence-electron chi connectivity index (χ0n) is 39.8. The van der Waals surface area contributed by atoms with Gasteiger partial charge in [0.25, 0.3) is 0 Å². The molecule has 0 spiro atoms. The number of rotatable bonds is 47. The second kappa shape index (κ2) is 42.3. The molecule has 2 atom stereocenters. The van der Waals surface area contributed by atoms with Gasteiger partial charge >= 0.3 is 19.8 Å². The number of hydrogen-bond acceptors (Lipinski definition) is 7. The number of carbonyl (C=O) groups is 2. The highest BCUT2D eigenvalue weighted by Crippen LogP contribution is 2.43. The third kappa shape index (κ3) is 46.3. The van der Waals surface area contributed by atoms with Crippen molar-refractivity contribution in [1.82, 2.24) is 0 Å². The molecule has 0 radical (unpaired) electrons. The lowest BCUT2D eigenvalue weighted by atomic mass is 10.0. The summed E-state index contributed by atoms with van der Waals surface area (Å²) >= 11 is 0. The summed E-state index contributed by atoms with van der Waals surface area (Å²) in [6.07, 6.45) is 44.5. The van der Waals surface area contributed by atoms with Gasteiger partial charge in [0.1, 0.15) is 19.8 Å². The number of esters is 2. The van der Waals surface area contributed by atoms with Crippen LogP contribution < -0.4 is 0 Å². The molecular weight excluding hydrogens is 762 g/mol. The zero-order valence-corrected chi connectivity index (χ0v) is 40.7. The predicted molar refractivity (Wildman–Crippen MR) is 248 cm³/mol. The van der Waals surface area contributed by atoms with Gasteiger partial charge in [-0.05, 0) is 12.8 Å². The van der Waals surface area contributed by atoms with Crippen LogP contribution in [0.25, 0.3) is 0 Å². The Bertz CT molecular complexity index is 974. The van der Waals surface area contributed by atoms with Crippen LogP contribution in [0.2, 0.25) is 0 Å². The Morgan fingerprint density at radius 1 is 0.458 bits per heavy atom. The molecule has 0 saturated heterocycles. The molecular formula is C49H99NO8P+. The van der Waals surface area contributed by atoms with Crippen LogP contribution in [-0.4, -0.2) is 74.9 Å². The maximum absolute atomic E-state index is 12.7. The number of quaternary nitrogens is 1. The van der Waals surface area contributed by atoms with E-state index in [1.165, 1.54) is 186 Å². The topological polar surface area (TPSA) is 108 Å². The van der Waals surface area contributed by atoms with Gasteiger partial charge in [0.15, 0.2) is 6.10 Å². The van der Waals surface area contributed by atoms with E-state index < -0.39 is 26.5 Å². The molecule has 0 aliphatic heterocycles. The largest absolute Gasteiger partial charge is 0.472 e. The normalized spacial score (nSPS) is 13.4. The van der Waals surface area contributed by atoms with E-state index in [1.54, 1.807) is 0 Å². The van der Waals surface area contributed by atoms with Crippen molar-refractivity contribution in [3.05, 3.63) is 0 Å². The summed E-state index contributed by atoms with van der Waals surface area (Å²) in [7, 11) is 1.50. The van der Waals surface area contributed by atoms with Gasteiger partial charge in [-0.25, -0.2) is 4.57 Å². The lowest BCUT2D eigenvalue weighted by Gasteiger charge is -2.24. The highest BCUT2D eigenvalue weighted by Gasteiger charge is 2.27. The van der Waals surface area contributed by atoms with Gasteiger partial charge in [-0.2, -0.15) is 0 Å². The summed E-state index contributed by atoms with van der Waals surface area (Å²) < 4.78 is 34.4. The fourth-order valence-electron chi connectivity index (χ4n) is 7.43. The molecule has 0 aliphatic carbocycles. The number of nitrogens with zero attached hydrogens (tertiary/aromatic N) is 1. The maximum atomic E-state index is 12.7. The number of carbonyl (C=O) groups excluding carboxylic acids is 2. The van der Waals surface area contributed by atoms with E-state index >= 15 is 0 Å². The maximum Gasteiger partial charge on any atom is 0.472 e. The van der Waals surface area contributed by atoms with Crippen LogP contribution in [0.5, 0.6) is 0 Å². The van der Waals surface area contributed by atoms with Crippen LogP contribution in [0.3, 0.4) is 0 Å². The number of unbranched alkanes of at least 4 members (excludes halogenated alkanes) is 33. The summed E-state index contributed by atoms with van der Waals surface area (Å²) in [6.45, 7) is 4.47. The lowest BCUT2D eigenvalue weighted by Crippen LogP contribution is -2.37. The van der Waals surface area contributed by atoms with Crippen molar-refractivity contribution in [2.24, 2.45) is 0 Å². The first-order chi connectivity index (χ1) is 28.5. The molecule has 9 nitrogen and oxygen atoms in total. The second-order valence-corrected chi connectivity index (χ2v) is 20.0. The SMILES string of the molecule is CCCCCCCCCCCCCCCCCCCCCCCCCC(=O)OC[C@@H](COP(=O)(O)OCC[N+](C)(C)C)OC(=O)CCCCCCCCCCCCCC. The Balaban J connectivity index is 4.11. The van der Waals surface area contributed by atoms with E-state index in [9.17, 15) is 19.0 Å². The average molecular weight is 861 g/mol. The predicted octanol–water partition coefficient (Wildman–Crippen LogP) is 14.8. The van der Waals surface area contributed by atoms with Gasteiger partial charge in [-0.1, -0.05) is 226 Å². The standard InChI is InChI=1S/C49H98NO8P/c1-6-8-10-12-14-16-18-20-21-22-23-24-25-26-27-28-29-30-32-33-35-37-39-41-48(51)55-45-47(46-57-59(53,54)56-44-43-50(3,4)5)58-49(52)42-40-38-36-34-31-19-17-15-13-11-9-7-2/h47H,6-46H2,1-5H3/p+1/t47-/m0/s1. The van der Waals surface area contributed by atoms with Crippen molar-refractivity contribution in [3.63, 3.8) is 0 Å². The van der Waals surface area contributed by atoms with Gasteiger partial charge in [0, 0.05) is 12.8 Å². The van der Waals surface area contributed by atoms with Crippen LogP contribution >= 0.6 is 7.82 Å². The van der Waals surface area contributed by atoms with E-state index in [-0.39, 0.29) is 25.6 Å². The van der Waals surface area contributed by atoms with Crippen molar-refractivity contribution in [2.45, 2.75) is 258 Å². The fraction of sp³-hybridized carbons (Fsp3) is 0.959. The monoisotopic (exact) mass is 861 g/mol. The van der Waals surface area contributed by atoms with E-state index in [4.69, 9.17) is 18.5 Å². The molecule has 1 N–H and O–H groups in total. The summed E-state index contributed by atoms with van der Waals surface area (Å²) in [5.74, 6) is -0.780. The third-order valence-electron chi connectivity index (χ3n) is 11.4. The van der Waals surface area contributed by atoms with Crippen molar-refractivity contribution >= 4 is 19.8 Å². The lowest BCUT2D eigenvalue weighted by molar-refractivity contribution is -0.870. The Morgan fingerprint density at radius 3 is 1.08 bits per heavy atom. The molecule has 0 aromatic heterocycles. The van der Waals surface area contributed by atoms with Crippen molar-refractivity contribution in [1.29, 1.82) is 0 Å². The molecule has 1 unspecified atom stereocenters. The van der Waals surface area contributed by atoms with Crippen LogP contribution in [-0.2, 0) is 32.7 Å². The van der Waals surface area contributed by atoms with Crippen LogP contribution in [0.4, 0.5) is 0 Å². The highest BCUT2D eigenvalue weighted by atomic mass is 31.2. The first-order valence-electron chi connectivity index (χ1n) is 25.3. The Morgan fingerprint density at radius 2 is 0.763 bits per heavy atom. The first kappa shape index (κ1) is 58.0. The molecule has 0 amide bonds.